The first-order valence-corrected chi connectivity index (χ1v) is 7.26. The van der Waals surface area contributed by atoms with Gasteiger partial charge in [0.2, 0.25) is 0 Å². The van der Waals surface area contributed by atoms with E-state index in [1.54, 1.807) is 7.11 Å². The number of hydrogen-bond donors (Lipinski definition) is 1. The molecule has 0 saturated heterocycles. The Morgan fingerprint density at radius 1 is 1.10 bits per heavy atom. The van der Waals surface area contributed by atoms with E-state index in [4.69, 9.17) is 15.2 Å². The average molecular weight is 283 g/mol. The fourth-order valence-electron chi connectivity index (χ4n) is 2.91. The van der Waals surface area contributed by atoms with Crippen LogP contribution in [0.5, 0.6) is 11.5 Å². The molecule has 0 saturated carbocycles. The van der Waals surface area contributed by atoms with Crippen molar-refractivity contribution in [1.82, 2.24) is 0 Å². The molecule has 2 aromatic rings. The molecule has 0 bridgehead atoms. The summed E-state index contributed by atoms with van der Waals surface area (Å²) >= 11 is 0. The van der Waals surface area contributed by atoms with Crippen LogP contribution in [0.2, 0.25) is 0 Å². The molecule has 1 aliphatic heterocycles. The lowest BCUT2D eigenvalue weighted by Gasteiger charge is -2.31. The van der Waals surface area contributed by atoms with E-state index in [0.717, 1.165) is 23.5 Å². The van der Waals surface area contributed by atoms with Crippen molar-refractivity contribution in [3.05, 3.63) is 58.7 Å². The lowest BCUT2D eigenvalue weighted by Crippen LogP contribution is -2.24. The number of rotatable bonds is 2. The van der Waals surface area contributed by atoms with E-state index in [9.17, 15) is 0 Å². The second kappa shape index (κ2) is 5.41. The van der Waals surface area contributed by atoms with Crippen molar-refractivity contribution in [2.24, 2.45) is 5.73 Å². The summed E-state index contributed by atoms with van der Waals surface area (Å²) in [5.74, 6) is 1.68. The van der Waals surface area contributed by atoms with Gasteiger partial charge in [0.1, 0.15) is 17.6 Å². The Morgan fingerprint density at radius 3 is 2.67 bits per heavy atom. The summed E-state index contributed by atoms with van der Waals surface area (Å²) in [6.45, 7) is 4.22. The molecule has 1 unspecified atom stereocenters. The molecule has 3 nitrogen and oxygen atoms in total. The molecule has 3 heteroatoms. The van der Waals surface area contributed by atoms with Gasteiger partial charge in [-0.2, -0.15) is 0 Å². The highest BCUT2D eigenvalue weighted by molar-refractivity contribution is 5.45. The molecule has 0 fully saturated rings. The Labute approximate surface area is 125 Å². The van der Waals surface area contributed by atoms with Gasteiger partial charge in [0.05, 0.1) is 7.11 Å². The molecule has 3 rings (SSSR count). The molecular formula is C18H21NO2. The van der Waals surface area contributed by atoms with Crippen molar-refractivity contribution in [2.45, 2.75) is 32.4 Å². The zero-order valence-corrected chi connectivity index (χ0v) is 12.7. The Bertz CT molecular complexity index is 666. The Balaban J connectivity index is 1.96. The standard InChI is InChI=1S/C18H21NO2/c1-11-4-5-12(2)14(8-11)18-10-16(19)15-9-13(20-3)6-7-17(15)21-18/h4-9,16,18H,10,19H2,1-3H3/t16-,18?/m0/s1. The van der Waals surface area contributed by atoms with Gasteiger partial charge in [-0.1, -0.05) is 23.8 Å². The van der Waals surface area contributed by atoms with E-state index in [-0.39, 0.29) is 12.1 Å². The van der Waals surface area contributed by atoms with Crippen molar-refractivity contribution >= 4 is 0 Å². The van der Waals surface area contributed by atoms with Gasteiger partial charge >= 0.3 is 0 Å². The highest BCUT2D eigenvalue weighted by Gasteiger charge is 2.28. The third-order valence-corrected chi connectivity index (χ3v) is 4.14. The topological polar surface area (TPSA) is 44.5 Å². The predicted octanol–water partition coefficient (Wildman–Crippen LogP) is 3.84. The fourth-order valence-corrected chi connectivity index (χ4v) is 2.91. The van der Waals surface area contributed by atoms with Gasteiger partial charge in [0.15, 0.2) is 0 Å². The molecule has 1 heterocycles. The van der Waals surface area contributed by atoms with Gasteiger partial charge in [-0.3, -0.25) is 0 Å². The van der Waals surface area contributed by atoms with Crippen LogP contribution in [0.3, 0.4) is 0 Å². The second-order valence-corrected chi connectivity index (χ2v) is 5.71. The van der Waals surface area contributed by atoms with E-state index in [0.29, 0.717) is 0 Å². The lowest BCUT2D eigenvalue weighted by molar-refractivity contribution is 0.160. The minimum absolute atomic E-state index is 0.0146. The van der Waals surface area contributed by atoms with Gasteiger partial charge in [-0.15, -0.1) is 0 Å². The minimum Gasteiger partial charge on any atom is -0.497 e. The summed E-state index contributed by atoms with van der Waals surface area (Å²) in [6.07, 6.45) is 0.797. The largest absolute Gasteiger partial charge is 0.497 e. The summed E-state index contributed by atoms with van der Waals surface area (Å²) in [7, 11) is 1.66. The maximum atomic E-state index is 6.35. The molecule has 2 aromatic carbocycles. The molecule has 0 aliphatic carbocycles. The smallest absolute Gasteiger partial charge is 0.126 e. The molecule has 2 N–H and O–H groups in total. The molecule has 0 spiro atoms. The first-order chi connectivity index (χ1) is 10.1. The van der Waals surface area contributed by atoms with E-state index >= 15 is 0 Å². The lowest BCUT2D eigenvalue weighted by atomic mass is 9.91. The third kappa shape index (κ3) is 2.61. The predicted molar refractivity (Wildman–Crippen MR) is 83.8 cm³/mol. The van der Waals surface area contributed by atoms with Gasteiger partial charge < -0.3 is 15.2 Å². The Hall–Kier alpha value is -2.00. The summed E-state index contributed by atoms with van der Waals surface area (Å²) in [5, 5.41) is 0. The summed E-state index contributed by atoms with van der Waals surface area (Å²) in [4.78, 5) is 0. The second-order valence-electron chi connectivity index (χ2n) is 5.71. The van der Waals surface area contributed by atoms with E-state index in [1.807, 2.05) is 18.2 Å². The monoisotopic (exact) mass is 283 g/mol. The van der Waals surface area contributed by atoms with Crippen LogP contribution in [0.25, 0.3) is 0 Å². The quantitative estimate of drug-likeness (QED) is 0.911. The number of methoxy groups -OCH3 is 1. The highest BCUT2D eigenvalue weighted by atomic mass is 16.5. The molecule has 0 amide bonds. The number of hydrogen-bond acceptors (Lipinski definition) is 3. The Morgan fingerprint density at radius 2 is 1.90 bits per heavy atom. The summed E-state index contributed by atoms with van der Waals surface area (Å²) in [6, 6.07) is 12.3. The maximum Gasteiger partial charge on any atom is 0.126 e. The number of nitrogens with two attached hydrogens (primary N) is 1. The molecule has 2 atom stereocenters. The van der Waals surface area contributed by atoms with Gasteiger partial charge in [-0.25, -0.2) is 0 Å². The van der Waals surface area contributed by atoms with Crippen LogP contribution in [0.4, 0.5) is 0 Å². The molecule has 21 heavy (non-hydrogen) atoms. The number of fused-ring (bicyclic) bond motifs is 1. The normalized spacial score (nSPS) is 20.6. The molecule has 110 valence electrons. The van der Waals surface area contributed by atoms with Crippen LogP contribution in [0.15, 0.2) is 36.4 Å². The summed E-state index contributed by atoms with van der Waals surface area (Å²) < 4.78 is 11.5. The van der Waals surface area contributed by atoms with Crippen molar-refractivity contribution in [3.8, 4) is 11.5 Å². The molecular weight excluding hydrogens is 262 g/mol. The molecule has 0 aromatic heterocycles. The van der Waals surface area contributed by atoms with E-state index in [1.165, 1.54) is 16.7 Å². The number of aryl methyl sites for hydroxylation is 2. The highest BCUT2D eigenvalue weighted by Crippen LogP contribution is 2.41. The van der Waals surface area contributed by atoms with Crippen molar-refractivity contribution in [2.75, 3.05) is 7.11 Å². The zero-order valence-electron chi connectivity index (χ0n) is 12.7. The van der Waals surface area contributed by atoms with Crippen LogP contribution in [-0.4, -0.2) is 7.11 Å². The van der Waals surface area contributed by atoms with Crippen molar-refractivity contribution in [1.29, 1.82) is 0 Å². The molecule has 1 aliphatic rings. The first-order valence-electron chi connectivity index (χ1n) is 7.26. The van der Waals surface area contributed by atoms with Crippen molar-refractivity contribution < 1.29 is 9.47 Å². The number of benzene rings is 2. The minimum atomic E-state index is -0.0336. The average Bonchev–Trinajstić information content (AvgIpc) is 2.49. The molecule has 0 radical (unpaired) electrons. The van der Waals surface area contributed by atoms with Crippen LogP contribution >= 0.6 is 0 Å². The number of ether oxygens (including phenoxy) is 2. The van der Waals surface area contributed by atoms with Crippen LogP contribution < -0.4 is 15.2 Å². The van der Waals surface area contributed by atoms with Gasteiger partial charge in [-0.05, 0) is 43.2 Å². The van der Waals surface area contributed by atoms with Crippen LogP contribution in [0, 0.1) is 13.8 Å². The van der Waals surface area contributed by atoms with Crippen LogP contribution in [0.1, 0.15) is 40.8 Å². The van der Waals surface area contributed by atoms with Crippen molar-refractivity contribution in [3.63, 3.8) is 0 Å². The van der Waals surface area contributed by atoms with E-state index in [2.05, 4.69) is 32.0 Å². The summed E-state index contributed by atoms with van der Waals surface area (Å²) in [5.41, 5.74) is 11.1. The Kier molecular flexibility index (Phi) is 3.60. The van der Waals surface area contributed by atoms with Gasteiger partial charge in [0, 0.05) is 18.0 Å². The van der Waals surface area contributed by atoms with E-state index < -0.39 is 0 Å². The first kappa shape index (κ1) is 14.0. The SMILES string of the molecule is COc1ccc2c(c1)[C@@H](N)CC(c1cc(C)ccc1C)O2. The fraction of sp³-hybridized carbons (Fsp3) is 0.333. The maximum absolute atomic E-state index is 6.35. The van der Waals surface area contributed by atoms with Crippen LogP contribution in [-0.2, 0) is 0 Å². The third-order valence-electron chi connectivity index (χ3n) is 4.14. The van der Waals surface area contributed by atoms with Gasteiger partial charge in [0.25, 0.3) is 0 Å². The zero-order chi connectivity index (χ0) is 15.0.